The Morgan fingerprint density at radius 2 is 1.86 bits per heavy atom. The van der Waals surface area contributed by atoms with Crippen LogP contribution in [0.3, 0.4) is 0 Å². The molecule has 14 heavy (non-hydrogen) atoms. The van der Waals surface area contributed by atoms with Gasteiger partial charge in [0.25, 0.3) is 0 Å². The van der Waals surface area contributed by atoms with Crippen molar-refractivity contribution in [3.63, 3.8) is 0 Å². The largest absolute Gasteiger partial charge is 0.388 e. The Morgan fingerprint density at radius 3 is 2.43 bits per heavy atom. The smallest absolute Gasteiger partial charge is 0.0784 e. The summed E-state index contributed by atoms with van der Waals surface area (Å²) in [4.78, 5) is 0. The van der Waals surface area contributed by atoms with Crippen LogP contribution in [0.25, 0.3) is 0 Å². The van der Waals surface area contributed by atoms with Gasteiger partial charge >= 0.3 is 0 Å². The van der Waals surface area contributed by atoms with E-state index in [4.69, 9.17) is 0 Å². The SMILES string of the molecule is CC1=C(C)[C@H]2[C@H](CCCC2(C)C)[C@@H]1O. The number of rotatable bonds is 0. The minimum atomic E-state index is -0.153. The maximum Gasteiger partial charge on any atom is 0.0784 e. The van der Waals surface area contributed by atoms with Crippen molar-refractivity contribution in [2.75, 3.05) is 0 Å². The normalized spacial score (nSPS) is 41.4. The number of aliphatic hydroxyl groups excluding tert-OH is 1. The van der Waals surface area contributed by atoms with Gasteiger partial charge in [-0.3, -0.25) is 0 Å². The molecule has 0 saturated heterocycles. The highest BCUT2D eigenvalue weighted by molar-refractivity contribution is 5.29. The molecule has 1 heteroatoms. The monoisotopic (exact) mass is 194 g/mol. The minimum Gasteiger partial charge on any atom is -0.388 e. The third kappa shape index (κ3) is 1.25. The number of aliphatic hydroxyl groups is 1. The van der Waals surface area contributed by atoms with Crippen molar-refractivity contribution in [3.05, 3.63) is 11.1 Å². The first-order valence-electron chi connectivity index (χ1n) is 5.80. The molecule has 0 aromatic carbocycles. The zero-order chi connectivity index (χ0) is 10.5. The van der Waals surface area contributed by atoms with E-state index in [1.807, 2.05) is 0 Å². The van der Waals surface area contributed by atoms with Crippen LogP contribution in [0.1, 0.15) is 47.0 Å². The summed E-state index contributed by atoms with van der Waals surface area (Å²) in [5.41, 5.74) is 3.10. The fourth-order valence-corrected chi connectivity index (χ4v) is 3.74. The molecule has 0 spiro atoms. The van der Waals surface area contributed by atoms with Gasteiger partial charge in [0.15, 0.2) is 0 Å². The van der Waals surface area contributed by atoms with Crippen LogP contribution in [0.15, 0.2) is 11.1 Å². The maximum atomic E-state index is 10.1. The van der Waals surface area contributed by atoms with E-state index in [-0.39, 0.29) is 6.10 Å². The molecule has 0 unspecified atom stereocenters. The summed E-state index contributed by atoms with van der Waals surface area (Å²) in [5, 5.41) is 10.1. The molecule has 80 valence electrons. The highest BCUT2D eigenvalue weighted by Gasteiger charge is 2.47. The van der Waals surface area contributed by atoms with E-state index >= 15 is 0 Å². The molecule has 3 atom stereocenters. The zero-order valence-electron chi connectivity index (χ0n) is 9.80. The highest BCUT2D eigenvalue weighted by Crippen LogP contribution is 2.53. The molecule has 2 rings (SSSR count). The van der Waals surface area contributed by atoms with Gasteiger partial charge in [-0.2, -0.15) is 0 Å². The number of hydrogen-bond acceptors (Lipinski definition) is 1. The Hall–Kier alpha value is -0.300. The molecule has 0 aromatic heterocycles. The molecule has 0 heterocycles. The molecular weight excluding hydrogens is 172 g/mol. The van der Waals surface area contributed by atoms with Crippen LogP contribution in [0.2, 0.25) is 0 Å². The van der Waals surface area contributed by atoms with Crippen molar-refractivity contribution in [2.24, 2.45) is 17.3 Å². The van der Waals surface area contributed by atoms with Gasteiger partial charge in [-0.15, -0.1) is 0 Å². The molecule has 1 saturated carbocycles. The Morgan fingerprint density at radius 1 is 1.21 bits per heavy atom. The van der Waals surface area contributed by atoms with Crippen LogP contribution in [-0.2, 0) is 0 Å². The third-order valence-corrected chi connectivity index (χ3v) is 4.57. The zero-order valence-corrected chi connectivity index (χ0v) is 9.80. The number of fused-ring (bicyclic) bond motifs is 1. The van der Waals surface area contributed by atoms with Crippen molar-refractivity contribution in [1.82, 2.24) is 0 Å². The van der Waals surface area contributed by atoms with Crippen LogP contribution in [-0.4, -0.2) is 11.2 Å². The second-order valence-corrected chi connectivity index (χ2v) is 5.83. The first kappa shape index (κ1) is 10.2. The Labute approximate surface area is 87.2 Å². The van der Waals surface area contributed by atoms with Crippen LogP contribution >= 0.6 is 0 Å². The van der Waals surface area contributed by atoms with Gasteiger partial charge in [0.05, 0.1) is 6.10 Å². The van der Waals surface area contributed by atoms with Gasteiger partial charge in [0, 0.05) is 0 Å². The summed E-state index contributed by atoms with van der Waals surface area (Å²) in [6.07, 6.45) is 3.65. The van der Waals surface area contributed by atoms with Gasteiger partial charge in [-0.25, -0.2) is 0 Å². The topological polar surface area (TPSA) is 20.2 Å². The van der Waals surface area contributed by atoms with E-state index in [1.165, 1.54) is 30.4 Å². The van der Waals surface area contributed by atoms with Crippen LogP contribution in [0.5, 0.6) is 0 Å². The summed E-state index contributed by atoms with van der Waals surface area (Å²) >= 11 is 0. The molecule has 0 aromatic rings. The summed E-state index contributed by atoms with van der Waals surface area (Å²) in [5.74, 6) is 1.14. The van der Waals surface area contributed by atoms with E-state index in [0.717, 1.165) is 0 Å². The minimum absolute atomic E-state index is 0.153. The molecule has 0 bridgehead atoms. The van der Waals surface area contributed by atoms with E-state index in [2.05, 4.69) is 27.7 Å². The first-order chi connectivity index (χ1) is 6.45. The first-order valence-corrected chi connectivity index (χ1v) is 5.80. The lowest BCUT2D eigenvalue weighted by Gasteiger charge is -2.42. The van der Waals surface area contributed by atoms with E-state index < -0.39 is 0 Å². The van der Waals surface area contributed by atoms with Crippen LogP contribution < -0.4 is 0 Å². The molecule has 2 aliphatic rings. The summed E-state index contributed by atoms with van der Waals surface area (Å²) in [6, 6.07) is 0. The lowest BCUT2D eigenvalue weighted by Crippen LogP contribution is -2.36. The van der Waals surface area contributed by atoms with Crippen LogP contribution in [0.4, 0.5) is 0 Å². The Bertz CT molecular complexity index is 275. The van der Waals surface area contributed by atoms with Crippen molar-refractivity contribution in [3.8, 4) is 0 Å². The summed E-state index contributed by atoms with van der Waals surface area (Å²) < 4.78 is 0. The van der Waals surface area contributed by atoms with Crippen LogP contribution in [0, 0.1) is 17.3 Å². The average Bonchev–Trinajstić information content (AvgIpc) is 2.31. The quantitative estimate of drug-likeness (QED) is 0.587. The fraction of sp³-hybridized carbons (Fsp3) is 0.846. The second-order valence-electron chi connectivity index (χ2n) is 5.83. The molecule has 1 nitrogen and oxygen atoms in total. The van der Waals surface area contributed by atoms with E-state index in [1.54, 1.807) is 0 Å². The maximum absolute atomic E-state index is 10.1. The van der Waals surface area contributed by atoms with Gasteiger partial charge in [-0.1, -0.05) is 25.8 Å². The van der Waals surface area contributed by atoms with Crippen molar-refractivity contribution in [1.29, 1.82) is 0 Å². The second kappa shape index (κ2) is 3.10. The van der Waals surface area contributed by atoms with Gasteiger partial charge in [-0.05, 0) is 49.5 Å². The Balaban J connectivity index is 2.36. The standard InChI is InChI=1S/C13H22O/c1-8-9(2)12(14)10-6-5-7-13(3,4)11(8)10/h10-12,14H,5-7H2,1-4H3/t10-,11-,12+/m0/s1. The van der Waals surface area contributed by atoms with Crippen molar-refractivity contribution in [2.45, 2.75) is 53.1 Å². The predicted octanol–water partition coefficient (Wildman–Crippen LogP) is 3.14. The summed E-state index contributed by atoms with van der Waals surface area (Å²) in [7, 11) is 0. The Kier molecular flexibility index (Phi) is 2.26. The van der Waals surface area contributed by atoms with Gasteiger partial charge < -0.3 is 5.11 Å². The third-order valence-electron chi connectivity index (χ3n) is 4.57. The van der Waals surface area contributed by atoms with E-state index in [0.29, 0.717) is 17.3 Å². The lowest BCUT2D eigenvalue weighted by molar-refractivity contribution is 0.0430. The predicted molar refractivity (Wildman–Crippen MR) is 59.0 cm³/mol. The average molecular weight is 194 g/mol. The van der Waals surface area contributed by atoms with Crippen molar-refractivity contribution >= 4 is 0 Å². The lowest BCUT2D eigenvalue weighted by atomic mass is 9.63. The van der Waals surface area contributed by atoms with Crippen molar-refractivity contribution < 1.29 is 5.11 Å². The molecule has 0 amide bonds. The van der Waals surface area contributed by atoms with Gasteiger partial charge in [0.2, 0.25) is 0 Å². The van der Waals surface area contributed by atoms with E-state index in [9.17, 15) is 5.11 Å². The fourth-order valence-electron chi connectivity index (χ4n) is 3.74. The molecule has 1 N–H and O–H groups in total. The number of allylic oxidation sites excluding steroid dienone is 1. The highest BCUT2D eigenvalue weighted by atomic mass is 16.3. The number of hydrogen-bond donors (Lipinski definition) is 1. The molecule has 0 aliphatic heterocycles. The molecule has 1 fully saturated rings. The molecule has 2 aliphatic carbocycles. The van der Waals surface area contributed by atoms with Gasteiger partial charge in [0.1, 0.15) is 0 Å². The molecule has 0 radical (unpaired) electrons. The summed E-state index contributed by atoms with van der Waals surface area (Å²) in [6.45, 7) is 9.04. The molecular formula is C13H22O.